The monoisotopic (exact) mass is 400 g/mol. The number of amides is 1. The molecule has 0 spiro atoms. The number of carbonyl (C=O) groups is 3. The van der Waals surface area contributed by atoms with Crippen molar-refractivity contribution in [3.63, 3.8) is 0 Å². The average molecular weight is 400 g/mol. The summed E-state index contributed by atoms with van der Waals surface area (Å²) in [6.45, 7) is 1.35. The number of thiophene rings is 1. The first-order chi connectivity index (χ1) is 13.6. The van der Waals surface area contributed by atoms with Gasteiger partial charge >= 0.3 is 11.9 Å². The molecule has 0 bridgehead atoms. The summed E-state index contributed by atoms with van der Waals surface area (Å²) >= 11 is 1.14. The SMILES string of the molecule is CCOC(=O)c1c(-c2ccco2)csc1NC(=O)COC(=O)c1ccccn1. The molecular weight excluding hydrogens is 384 g/mol. The van der Waals surface area contributed by atoms with Gasteiger partial charge in [0.2, 0.25) is 0 Å². The minimum Gasteiger partial charge on any atom is -0.464 e. The van der Waals surface area contributed by atoms with Crippen LogP contribution in [0.4, 0.5) is 5.00 Å². The highest BCUT2D eigenvalue weighted by molar-refractivity contribution is 7.15. The minimum atomic E-state index is -0.719. The van der Waals surface area contributed by atoms with Crippen LogP contribution < -0.4 is 5.32 Å². The maximum absolute atomic E-state index is 12.4. The van der Waals surface area contributed by atoms with Crippen molar-refractivity contribution in [2.75, 3.05) is 18.5 Å². The van der Waals surface area contributed by atoms with Crippen LogP contribution in [0.15, 0.2) is 52.6 Å². The van der Waals surface area contributed by atoms with E-state index in [9.17, 15) is 14.4 Å². The maximum atomic E-state index is 12.4. The number of carbonyl (C=O) groups excluding carboxylic acids is 3. The summed E-state index contributed by atoms with van der Waals surface area (Å²) in [4.78, 5) is 40.3. The lowest BCUT2D eigenvalue weighted by atomic mass is 10.1. The van der Waals surface area contributed by atoms with E-state index in [1.54, 1.807) is 36.6 Å². The average Bonchev–Trinajstić information content (AvgIpc) is 3.36. The van der Waals surface area contributed by atoms with Crippen LogP contribution in [0, 0.1) is 0 Å². The van der Waals surface area contributed by atoms with Crippen molar-refractivity contribution >= 4 is 34.2 Å². The largest absolute Gasteiger partial charge is 0.464 e. The normalized spacial score (nSPS) is 10.3. The number of aromatic nitrogens is 1. The summed E-state index contributed by atoms with van der Waals surface area (Å²) in [5.74, 6) is -1.43. The lowest BCUT2D eigenvalue weighted by Gasteiger charge is -2.08. The quantitative estimate of drug-likeness (QED) is 0.606. The van der Waals surface area contributed by atoms with Gasteiger partial charge < -0.3 is 19.2 Å². The van der Waals surface area contributed by atoms with E-state index in [1.807, 2.05) is 0 Å². The number of esters is 2. The van der Waals surface area contributed by atoms with E-state index < -0.39 is 24.5 Å². The minimum absolute atomic E-state index is 0.0961. The fourth-order valence-electron chi connectivity index (χ4n) is 2.32. The van der Waals surface area contributed by atoms with Gasteiger partial charge in [-0.25, -0.2) is 14.6 Å². The number of hydrogen-bond donors (Lipinski definition) is 1. The molecule has 3 heterocycles. The molecule has 0 aliphatic heterocycles. The lowest BCUT2D eigenvalue weighted by Crippen LogP contribution is -2.22. The predicted molar refractivity (Wildman–Crippen MR) is 101 cm³/mol. The Morgan fingerprint density at radius 2 is 2.00 bits per heavy atom. The van der Waals surface area contributed by atoms with Crippen molar-refractivity contribution in [1.82, 2.24) is 4.98 Å². The lowest BCUT2D eigenvalue weighted by molar-refractivity contribution is -0.119. The van der Waals surface area contributed by atoms with Crippen molar-refractivity contribution in [2.45, 2.75) is 6.92 Å². The molecular formula is C19H16N2O6S. The summed E-state index contributed by atoms with van der Waals surface area (Å²) in [6.07, 6.45) is 2.93. The predicted octanol–water partition coefficient (Wildman–Crippen LogP) is 3.38. The van der Waals surface area contributed by atoms with E-state index in [0.717, 1.165) is 11.3 Å². The van der Waals surface area contributed by atoms with E-state index >= 15 is 0 Å². The molecule has 3 aromatic rings. The van der Waals surface area contributed by atoms with Crippen LogP contribution in [-0.4, -0.2) is 36.0 Å². The van der Waals surface area contributed by atoms with Gasteiger partial charge in [-0.1, -0.05) is 6.07 Å². The molecule has 0 saturated heterocycles. The number of furan rings is 1. The Bertz CT molecular complexity index is 966. The molecule has 8 nitrogen and oxygen atoms in total. The summed E-state index contributed by atoms with van der Waals surface area (Å²) in [5.41, 5.74) is 0.791. The zero-order valence-corrected chi connectivity index (χ0v) is 15.7. The number of ether oxygens (including phenoxy) is 2. The Hall–Kier alpha value is -3.46. The van der Waals surface area contributed by atoms with Gasteiger partial charge in [-0.15, -0.1) is 11.3 Å². The number of anilines is 1. The van der Waals surface area contributed by atoms with Crippen molar-refractivity contribution in [1.29, 1.82) is 0 Å². The molecule has 0 fully saturated rings. The summed E-state index contributed by atoms with van der Waals surface area (Å²) in [6, 6.07) is 8.17. The fraction of sp³-hybridized carbons (Fsp3) is 0.158. The van der Waals surface area contributed by atoms with Gasteiger partial charge in [-0.05, 0) is 31.2 Å². The van der Waals surface area contributed by atoms with Gasteiger partial charge in [0.25, 0.3) is 5.91 Å². The van der Waals surface area contributed by atoms with Crippen LogP contribution in [0.5, 0.6) is 0 Å². The number of nitrogens with one attached hydrogen (secondary N) is 1. The molecule has 28 heavy (non-hydrogen) atoms. The van der Waals surface area contributed by atoms with E-state index in [2.05, 4.69) is 10.3 Å². The molecule has 3 rings (SSSR count). The molecule has 0 unspecified atom stereocenters. The number of pyridine rings is 1. The van der Waals surface area contributed by atoms with Crippen molar-refractivity contribution < 1.29 is 28.3 Å². The highest BCUT2D eigenvalue weighted by atomic mass is 32.1. The van der Waals surface area contributed by atoms with Gasteiger partial charge in [0, 0.05) is 17.1 Å². The zero-order valence-electron chi connectivity index (χ0n) is 14.8. The molecule has 1 amide bonds. The Balaban J connectivity index is 1.72. The first kappa shape index (κ1) is 19.3. The van der Waals surface area contributed by atoms with Gasteiger partial charge in [-0.3, -0.25) is 4.79 Å². The second-order valence-corrected chi connectivity index (χ2v) is 6.27. The summed E-state index contributed by atoms with van der Waals surface area (Å²) in [7, 11) is 0. The zero-order chi connectivity index (χ0) is 19.9. The second kappa shape index (κ2) is 8.96. The topological polar surface area (TPSA) is 108 Å². The van der Waals surface area contributed by atoms with Crippen LogP contribution in [0.25, 0.3) is 11.3 Å². The smallest absolute Gasteiger partial charge is 0.357 e. The molecule has 1 N–H and O–H groups in total. The van der Waals surface area contributed by atoms with Gasteiger partial charge in [0.05, 0.1) is 12.9 Å². The molecule has 0 aliphatic carbocycles. The molecule has 0 aliphatic rings. The highest BCUT2D eigenvalue weighted by Crippen LogP contribution is 2.36. The van der Waals surface area contributed by atoms with Crippen LogP contribution in [0.3, 0.4) is 0 Å². The first-order valence-electron chi connectivity index (χ1n) is 8.30. The molecule has 0 atom stereocenters. The first-order valence-corrected chi connectivity index (χ1v) is 9.18. The molecule has 9 heteroatoms. The van der Waals surface area contributed by atoms with Gasteiger partial charge in [0.15, 0.2) is 6.61 Å². The van der Waals surface area contributed by atoms with Gasteiger partial charge in [-0.2, -0.15) is 0 Å². The Labute approximate surface area is 164 Å². The third-order valence-corrected chi connectivity index (χ3v) is 4.41. The van der Waals surface area contributed by atoms with E-state index in [-0.39, 0.29) is 22.9 Å². The van der Waals surface area contributed by atoms with Crippen molar-refractivity contribution in [2.24, 2.45) is 0 Å². The molecule has 3 aromatic heterocycles. The third kappa shape index (κ3) is 4.44. The Morgan fingerprint density at radius 3 is 2.68 bits per heavy atom. The standard InChI is InChI=1S/C19H16N2O6S/c1-2-25-19(24)16-12(14-7-5-9-26-14)11-28-17(16)21-15(22)10-27-18(23)13-6-3-4-8-20-13/h3-9,11H,2,10H2,1H3,(H,21,22). The highest BCUT2D eigenvalue weighted by Gasteiger charge is 2.24. The Morgan fingerprint density at radius 1 is 1.14 bits per heavy atom. The van der Waals surface area contributed by atoms with Crippen molar-refractivity contribution in [3.8, 4) is 11.3 Å². The third-order valence-electron chi connectivity index (χ3n) is 3.52. The summed E-state index contributed by atoms with van der Waals surface area (Å²) in [5, 5.41) is 4.54. The van der Waals surface area contributed by atoms with Crippen molar-refractivity contribution in [3.05, 3.63) is 59.4 Å². The van der Waals surface area contributed by atoms with Crippen LogP contribution in [-0.2, 0) is 14.3 Å². The van der Waals surface area contributed by atoms with Crippen LogP contribution in [0.2, 0.25) is 0 Å². The van der Waals surface area contributed by atoms with E-state index in [1.165, 1.54) is 18.5 Å². The number of rotatable bonds is 7. The van der Waals surface area contributed by atoms with Crippen LogP contribution in [0.1, 0.15) is 27.8 Å². The Kier molecular flexibility index (Phi) is 6.18. The number of nitrogens with zero attached hydrogens (tertiary/aromatic N) is 1. The molecule has 0 aromatic carbocycles. The number of hydrogen-bond acceptors (Lipinski definition) is 8. The van der Waals surface area contributed by atoms with Crippen LogP contribution >= 0.6 is 11.3 Å². The second-order valence-electron chi connectivity index (χ2n) is 5.39. The fourth-order valence-corrected chi connectivity index (χ4v) is 3.27. The summed E-state index contributed by atoms with van der Waals surface area (Å²) < 4.78 is 15.4. The maximum Gasteiger partial charge on any atom is 0.357 e. The van der Waals surface area contributed by atoms with E-state index in [4.69, 9.17) is 13.9 Å². The molecule has 144 valence electrons. The molecule has 0 saturated carbocycles. The van der Waals surface area contributed by atoms with Gasteiger partial charge in [0.1, 0.15) is 22.0 Å². The van der Waals surface area contributed by atoms with E-state index in [0.29, 0.717) is 11.3 Å². The molecule has 0 radical (unpaired) electrons.